The summed E-state index contributed by atoms with van der Waals surface area (Å²) in [5.41, 5.74) is 3.51. The number of benzene rings is 2. The lowest BCUT2D eigenvalue weighted by Gasteiger charge is -2.20. The molecule has 0 aliphatic carbocycles. The number of hydrogen-bond acceptors (Lipinski definition) is 4. The first-order chi connectivity index (χ1) is 13.6. The highest BCUT2D eigenvalue weighted by atomic mass is 127. The standard InChI is InChI=1S/C22H31N3O3.HI/c1-5-23-22(25-17(3)19-9-7-6-8-16(19)2)24-15-18-10-11-20(28-13-12-26)21(14-18)27-4;/h6-11,14,17,26H,5,12-13,15H2,1-4H3,(H2,23,24,25);1H. The van der Waals surface area contributed by atoms with Crippen LogP contribution in [0, 0.1) is 6.92 Å². The maximum Gasteiger partial charge on any atom is 0.192 e. The first kappa shape index (κ1) is 25.0. The van der Waals surface area contributed by atoms with Crippen molar-refractivity contribution >= 4 is 29.9 Å². The molecule has 0 heterocycles. The third-order valence-electron chi connectivity index (χ3n) is 4.35. The fraction of sp³-hybridized carbons (Fsp3) is 0.409. The highest BCUT2D eigenvalue weighted by Crippen LogP contribution is 2.28. The Morgan fingerprint density at radius 2 is 1.93 bits per heavy atom. The van der Waals surface area contributed by atoms with Gasteiger partial charge in [0.05, 0.1) is 26.3 Å². The number of ether oxygens (including phenoxy) is 2. The average molecular weight is 513 g/mol. The van der Waals surface area contributed by atoms with Gasteiger partial charge < -0.3 is 25.2 Å². The fourth-order valence-electron chi connectivity index (χ4n) is 2.93. The van der Waals surface area contributed by atoms with E-state index in [0.29, 0.717) is 18.0 Å². The van der Waals surface area contributed by atoms with Crippen LogP contribution in [0.25, 0.3) is 0 Å². The van der Waals surface area contributed by atoms with Crippen LogP contribution in [0.3, 0.4) is 0 Å². The molecule has 2 aromatic rings. The van der Waals surface area contributed by atoms with Crippen molar-refractivity contribution in [3.8, 4) is 11.5 Å². The van der Waals surface area contributed by atoms with E-state index in [1.54, 1.807) is 7.11 Å². The number of halogens is 1. The lowest BCUT2D eigenvalue weighted by atomic mass is 10.0. The van der Waals surface area contributed by atoms with Gasteiger partial charge in [-0.15, -0.1) is 24.0 Å². The molecule has 3 N–H and O–H groups in total. The second kappa shape index (κ2) is 13.3. The van der Waals surface area contributed by atoms with E-state index in [2.05, 4.69) is 42.7 Å². The van der Waals surface area contributed by atoms with E-state index in [9.17, 15) is 0 Å². The van der Waals surface area contributed by atoms with Gasteiger partial charge in [0, 0.05) is 6.54 Å². The Morgan fingerprint density at radius 1 is 1.17 bits per heavy atom. The minimum absolute atomic E-state index is 0. The predicted molar refractivity (Wildman–Crippen MR) is 129 cm³/mol. The van der Waals surface area contributed by atoms with Crippen LogP contribution < -0.4 is 20.1 Å². The van der Waals surface area contributed by atoms with E-state index in [4.69, 9.17) is 19.6 Å². The van der Waals surface area contributed by atoms with Crippen LogP contribution >= 0.6 is 24.0 Å². The van der Waals surface area contributed by atoms with Gasteiger partial charge >= 0.3 is 0 Å². The molecule has 1 unspecified atom stereocenters. The normalized spacial score (nSPS) is 12.0. The van der Waals surface area contributed by atoms with Gasteiger partial charge in [-0.1, -0.05) is 30.3 Å². The Labute approximate surface area is 190 Å². The molecule has 29 heavy (non-hydrogen) atoms. The Kier molecular flexibility index (Phi) is 11.5. The Morgan fingerprint density at radius 3 is 2.59 bits per heavy atom. The molecule has 0 aliphatic heterocycles. The molecule has 6 nitrogen and oxygen atoms in total. The quantitative estimate of drug-likeness (QED) is 0.270. The number of guanidine groups is 1. The highest BCUT2D eigenvalue weighted by molar-refractivity contribution is 14.0. The zero-order valence-electron chi connectivity index (χ0n) is 17.6. The molecule has 0 saturated carbocycles. The summed E-state index contributed by atoms with van der Waals surface area (Å²) in [6.07, 6.45) is 0. The van der Waals surface area contributed by atoms with Crippen LogP contribution in [0.2, 0.25) is 0 Å². The van der Waals surface area contributed by atoms with Crippen molar-refractivity contribution in [1.82, 2.24) is 10.6 Å². The van der Waals surface area contributed by atoms with Gasteiger partial charge in [-0.05, 0) is 49.6 Å². The molecular weight excluding hydrogens is 481 g/mol. The maximum absolute atomic E-state index is 8.92. The largest absolute Gasteiger partial charge is 0.493 e. The summed E-state index contributed by atoms with van der Waals surface area (Å²) >= 11 is 0. The zero-order valence-corrected chi connectivity index (χ0v) is 19.9. The first-order valence-corrected chi connectivity index (χ1v) is 9.60. The minimum Gasteiger partial charge on any atom is -0.493 e. The smallest absolute Gasteiger partial charge is 0.192 e. The molecular formula is C22H32IN3O3. The summed E-state index contributed by atoms with van der Waals surface area (Å²) in [6.45, 7) is 7.78. The van der Waals surface area contributed by atoms with Crippen LogP contribution in [0.4, 0.5) is 0 Å². The van der Waals surface area contributed by atoms with Crippen molar-refractivity contribution in [2.45, 2.75) is 33.4 Å². The van der Waals surface area contributed by atoms with E-state index in [0.717, 1.165) is 18.1 Å². The van der Waals surface area contributed by atoms with Crippen LogP contribution in [0.1, 0.15) is 36.6 Å². The van der Waals surface area contributed by atoms with E-state index in [1.165, 1.54) is 11.1 Å². The van der Waals surface area contributed by atoms with Gasteiger partial charge in [0.25, 0.3) is 0 Å². The summed E-state index contributed by atoms with van der Waals surface area (Å²) in [4.78, 5) is 4.70. The summed E-state index contributed by atoms with van der Waals surface area (Å²) in [7, 11) is 1.60. The average Bonchev–Trinajstić information content (AvgIpc) is 2.71. The van der Waals surface area contributed by atoms with E-state index in [-0.39, 0.29) is 43.2 Å². The van der Waals surface area contributed by atoms with Crippen LogP contribution in [-0.4, -0.2) is 37.9 Å². The van der Waals surface area contributed by atoms with E-state index >= 15 is 0 Å². The van der Waals surface area contributed by atoms with Crippen molar-refractivity contribution in [3.63, 3.8) is 0 Å². The molecule has 0 amide bonds. The van der Waals surface area contributed by atoms with E-state index in [1.807, 2.05) is 31.2 Å². The van der Waals surface area contributed by atoms with Crippen LogP contribution in [-0.2, 0) is 6.54 Å². The lowest BCUT2D eigenvalue weighted by molar-refractivity contribution is 0.196. The monoisotopic (exact) mass is 513 g/mol. The van der Waals surface area contributed by atoms with Crippen molar-refractivity contribution < 1.29 is 14.6 Å². The van der Waals surface area contributed by atoms with Gasteiger partial charge in [-0.25, -0.2) is 4.99 Å². The number of aliphatic imine (C=N–C) groups is 1. The molecule has 2 aromatic carbocycles. The third-order valence-corrected chi connectivity index (χ3v) is 4.35. The number of aliphatic hydroxyl groups excluding tert-OH is 1. The fourth-order valence-corrected chi connectivity index (χ4v) is 2.93. The number of methoxy groups -OCH3 is 1. The van der Waals surface area contributed by atoms with Crippen molar-refractivity contribution in [3.05, 3.63) is 59.2 Å². The van der Waals surface area contributed by atoms with Crippen LogP contribution in [0.15, 0.2) is 47.5 Å². The second-order valence-electron chi connectivity index (χ2n) is 6.48. The van der Waals surface area contributed by atoms with Gasteiger partial charge in [0.1, 0.15) is 6.61 Å². The molecule has 0 spiro atoms. The molecule has 2 rings (SSSR count). The molecule has 1 atom stereocenters. The summed E-state index contributed by atoms with van der Waals surface area (Å²) < 4.78 is 10.9. The number of nitrogens with one attached hydrogen (secondary N) is 2. The minimum atomic E-state index is -0.0357. The number of rotatable bonds is 9. The van der Waals surface area contributed by atoms with Gasteiger partial charge in [-0.2, -0.15) is 0 Å². The molecule has 160 valence electrons. The molecule has 0 bridgehead atoms. The Hall–Kier alpha value is -2.00. The van der Waals surface area contributed by atoms with Crippen molar-refractivity contribution in [2.75, 3.05) is 26.9 Å². The SMILES string of the molecule is CCNC(=NCc1ccc(OCCO)c(OC)c1)NC(C)c1ccccc1C.I. The van der Waals surface area contributed by atoms with Gasteiger partial charge in [0.15, 0.2) is 17.5 Å². The molecule has 0 radical (unpaired) electrons. The predicted octanol–water partition coefficient (Wildman–Crippen LogP) is 3.81. The summed E-state index contributed by atoms with van der Waals surface area (Å²) in [5, 5.41) is 15.7. The zero-order chi connectivity index (χ0) is 20.4. The number of aliphatic hydroxyl groups is 1. The number of hydrogen-bond donors (Lipinski definition) is 3. The van der Waals surface area contributed by atoms with Crippen LogP contribution in [0.5, 0.6) is 11.5 Å². The first-order valence-electron chi connectivity index (χ1n) is 9.60. The summed E-state index contributed by atoms with van der Waals surface area (Å²) in [6, 6.07) is 14.2. The van der Waals surface area contributed by atoms with Gasteiger partial charge in [-0.3, -0.25) is 0 Å². The number of aryl methyl sites for hydroxylation is 1. The molecule has 0 aliphatic rings. The molecule has 0 saturated heterocycles. The molecule has 0 aromatic heterocycles. The van der Waals surface area contributed by atoms with Gasteiger partial charge in [0.2, 0.25) is 0 Å². The highest BCUT2D eigenvalue weighted by Gasteiger charge is 2.10. The topological polar surface area (TPSA) is 75.1 Å². The Balaban J connectivity index is 0.00000420. The number of nitrogens with zero attached hydrogens (tertiary/aromatic N) is 1. The molecule has 7 heteroatoms. The summed E-state index contributed by atoms with van der Waals surface area (Å²) in [5.74, 6) is 2.01. The second-order valence-corrected chi connectivity index (χ2v) is 6.48. The maximum atomic E-state index is 8.92. The molecule has 0 fully saturated rings. The van der Waals surface area contributed by atoms with E-state index < -0.39 is 0 Å². The lowest BCUT2D eigenvalue weighted by Crippen LogP contribution is -2.38. The van der Waals surface area contributed by atoms with Crippen molar-refractivity contribution in [1.29, 1.82) is 0 Å². The Bertz CT molecular complexity index is 784. The third kappa shape index (κ3) is 7.74. The van der Waals surface area contributed by atoms with Crippen molar-refractivity contribution in [2.24, 2.45) is 4.99 Å².